The van der Waals surface area contributed by atoms with Crippen molar-refractivity contribution in [3.05, 3.63) is 72.7 Å². The summed E-state index contributed by atoms with van der Waals surface area (Å²) in [7, 11) is -1.34. The van der Waals surface area contributed by atoms with Gasteiger partial charge in [-0.1, -0.05) is 25.3 Å². The Morgan fingerprint density at radius 1 is 0.850 bits per heavy atom. The fraction of sp³-hybridized carbons (Fsp3) is 0.143. The zero-order valence-corrected chi connectivity index (χ0v) is 11.7. The van der Waals surface area contributed by atoms with Gasteiger partial charge in [-0.25, -0.2) is 0 Å². The minimum atomic E-state index is -0.678. The minimum Gasteiger partial charge on any atom is -0.524 e. The summed E-state index contributed by atoms with van der Waals surface area (Å²) >= 11 is 0. The maximum Gasteiger partial charge on any atom is 0.658 e. The second-order valence-corrected chi connectivity index (χ2v) is 4.05. The van der Waals surface area contributed by atoms with Crippen LogP contribution in [0.2, 0.25) is 0 Å². The van der Waals surface area contributed by atoms with Crippen LogP contribution in [0.1, 0.15) is 13.8 Å². The van der Waals surface area contributed by atoms with E-state index in [0.717, 1.165) is 0 Å². The first-order valence-corrected chi connectivity index (χ1v) is 6.39. The molecule has 0 saturated carbocycles. The molecule has 0 aromatic heterocycles. The molecule has 20 heavy (non-hydrogen) atoms. The van der Waals surface area contributed by atoms with E-state index in [1.807, 2.05) is 38.2 Å². The summed E-state index contributed by atoms with van der Waals surface area (Å²) in [5.41, 5.74) is 0. The first-order valence-electron chi connectivity index (χ1n) is 6.39. The summed E-state index contributed by atoms with van der Waals surface area (Å²) in [6.45, 7) is 11.1. The summed E-state index contributed by atoms with van der Waals surface area (Å²) in [4.78, 5) is 0. The largest absolute Gasteiger partial charge is 0.658 e. The topological polar surface area (TPSA) is 36.9 Å². The molecule has 2 aliphatic rings. The number of hydrogen-bond donors (Lipinski definition) is 0. The first-order chi connectivity index (χ1) is 9.73. The van der Waals surface area contributed by atoms with Crippen molar-refractivity contribution in [2.45, 2.75) is 13.8 Å². The molecular weight excluding hydrogens is 254 g/mol. The number of allylic oxidation sites excluding steroid dienone is 6. The van der Waals surface area contributed by atoms with Gasteiger partial charge in [0.25, 0.3) is 0 Å². The van der Waals surface area contributed by atoms with Gasteiger partial charge < -0.3 is 18.6 Å². The zero-order valence-electron chi connectivity index (χ0n) is 11.7. The van der Waals surface area contributed by atoms with Crippen LogP contribution < -0.4 is 0 Å². The van der Waals surface area contributed by atoms with Crippen molar-refractivity contribution in [3.8, 4) is 0 Å². The highest BCUT2D eigenvalue weighted by Crippen LogP contribution is 2.30. The molecule has 0 N–H and O–H groups in total. The maximum atomic E-state index is 5.71. The summed E-state index contributed by atoms with van der Waals surface area (Å²) < 4.78 is 22.6. The van der Waals surface area contributed by atoms with Crippen LogP contribution >= 0.6 is 0 Å². The minimum absolute atomic E-state index is 0.533. The van der Waals surface area contributed by atoms with Crippen LogP contribution in [0.3, 0.4) is 0 Å². The van der Waals surface area contributed by atoms with Gasteiger partial charge in [0.15, 0.2) is 0 Å². The van der Waals surface area contributed by atoms with Crippen LogP contribution in [-0.4, -0.2) is 14.0 Å². The van der Waals surface area contributed by atoms with Gasteiger partial charge in [0, 0.05) is 0 Å². The van der Waals surface area contributed by atoms with Gasteiger partial charge in [-0.3, -0.25) is 0 Å². The van der Waals surface area contributed by atoms with Crippen molar-refractivity contribution in [3.63, 3.8) is 0 Å². The fourth-order valence-corrected chi connectivity index (χ4v) is 1.82. The van der Waals surface area contributed by atoms with Crippen molar-refractivity contribution >= 4 is 14.0 Å². The second kappa shape index (κ2) is 6.28. The molecule has 2 heterocycles. The van der Waals surface area contributed by atoms with E-state index in [1.54, 1.807) is 12.2 Å². The Balaban J connectivity index is 2.10. The van der Waals surface area contributed by atoms with Crippen LogP contribution in [0.25, 0.3) is 0 Å². The van der Waals surface area contributed by atoms with Crippen LogP contribution in [0.5, 0.6) is 0 Å². The van der Waals surface area contributed by atoms with Crippen molar-refractivity contribution in [1.29, 1.82) is 0 Å². The van der Waals surface area contributed by atoms with E-state index >= 15 is 0 Å². The van der Waals surface area contributed by atoms with E-state index in [9.17, 15) is 0 Å². The third kappa shape index (κ3) is 2.69. The molecule has 0 spiro atoms. The molecular formula is C14H16B2O4. The molecule has 2 rings (SSSR count). The summed E-state index contributed by atoms with van der Waals surface area (Å²) in [5, 5.41) is 0. The molecule has 1 saturated heterocycles. The molecule has 0 bridgehead atoms. The van der Waals surface area contributed by atoms with Crippen molar-refractivity contribution < 1.29 is 18.6 Å². The molecule has 0 radical (unpaired) electrons. The van der Waals surface area contributed by atoms with E-state index in [2.05, 4.69) is 13.2 Å². The molecule has 0 amide bonds. The molecule has 4 nitrogen and oxygen atoms in total. The van der Waals surface area contributed by atoms with Gasteiger partial charge in [0.05, 0.1) is 0 Å². The lowest BCUT2D eigenvalue weighted by atomic mass is 9.49. The van der Waals surface area contributed by atoms with E-state index in [4.69, 9.17) is 18.6 Å². The summed E-state index contributed by atoms with van der Waals surface area (Å²) in [5.74, 6) is 2.37. The molecule has 2 aliphatic heterocycles. The van der Waals surface area contributed by atoms with Crippen LogP contribution in [0.4, 0.5) is 0 Å². The highest BCUT2D eigenvalue weighted by Gasteiger charge is 2.55. The van der Waals surface area contributed by atoms with Gasteiger partial charge in [-0.2, -0.15) is 0 Å². The predicted molar refractivity (Wildman–Crippen MR) is 79.9 cm³/mol. The average Bonchev–Trinajstić information content (AvgIpc) is 3.07. The van der Waals surface area contributed by atoms with Gasteiger partial charge in [0.2, 0.25) is 0 Å². The van der Waals surface area contributed by atoms with Gasteiger partial charge in [0.1, 0.15) is 23.0 Å². The van der Waals surface area contributed by atoms with Gasteiger partial charge >= 0.3 is 14.0 Å². The molecule has 6 heteroatoms. The van der Waals surface area contributed by atoms with E-state index in [1.165, 1.54) is 0 Å². The lowest BCUT2D eigenvalue weighted by Crippen LogP contribution is -2.39. The van der Waals surface area contributed by atoms with Crippen molar-refractivity contribution in [1.82, 2.24) is 0 Å². The van der Waals surface area contributed by atoms with E-state index in [0.29, 0.717) is 23.0 Å². The summed E-state index contributed by atoms with van der Waals surface area (Å²) in [6.07, 6.45) is 10.6. The SMILES string of the molecule is C=CC1=C(C=C)OB(B2OC(=C/C)/C(=C\C=C/C)O2)O1. The lowest BCUT2D eigenvalue weighted by molar-refractivity contribution is 0.361. The van der Waals surface area contributed by atoms with Gasteiger partial charge in [-0.15, -0.1) is 0 Å². The predicted octanol–water partition coefficient (Wildman–Crippen LogP) is 3.08. The summed E-state index contributed by atoms with van der Waals surface area (Å²) in [6, 6.07) is 0. The standard InChI is InChI=1S/C14H16B2O4/c1-5-9-10-14-13(8-4)19-16(20-14)15-17-11(6-2)12(7-3)18-15/h5-10H,2-3H2,1,4H3/b9-5-,13-8+,14-10+. The Morgan fingerprint density at radius 2 is 1.40 bits per heavy atom. The van der Waals surface area contributed by atoms with Crippen LogP contribution in [-0.2, 0) is 18.6 Å². The molecule has 102 valence electrons. The first kappa shape index (κ1) is 14.2. The average molecular weight is 270 g/mol. The van der Waals surface area contributed by atoms with Crippen LogP contribution in [0.15, 0.2) is 72.7 Å². The Kier molecular flexibility index (Phi) is 4.45. The van der Waals surface area contributed by atoms with E-state index < -0.39 is 14.0 Å². The fourth-order valence-electron chi connectivity index (χ4n) is 1.82. The van der Waals surface area contributed by atoms with Crippen LogP contribution in [0, 0.1) is 0 Å². The second-order valence-electron chi connectivity index (χ2n) is 4.05. The third-order valence-electron chi connectivity index (χ3n) is 2.75. The van der Waals surface area contributed by atoms with Crippen molar-refractivity contribution in [2.24, 2.45) is 0 Å². The maximum absolute atomic E-state index is 5.71. The Labute approximate surface area is 120 Å². The number of rotatable bonds is 4. The Hall–Kier alpha value is -2.23. The molecule has 0 aliphatic carbocycles. The molecule has 0 aromatic rings. The highest BCUT2D eigenvalue weighted by atomic mass is 16.7. The Bertz CT molecular complexity index is 511. The molecule has 1 fully saturated rings. The van der Waals surface area contributed by atoms with Crippen molar-refractivity contribution in [2.75, 3.05) is 0 Å². The molecule has 0 unspecified atom stereocenters. The quantitative estimate of drug-likeness (QED) is 0.735. The molecule has 0 aromatic carbocycles. The highest BCUT2D eigenvalue weighted by molar-refractivity contribution is 7.11. The van der Waals surface area contributed by atoms with E-state index in [-0.39, 0.29) is 0 Å². The zero-order chi connectivity index (χ0) is 14.5. The monoisotopic (exact) mass is 270 g/mol. The van der Waals surface area contributed by atoms with Gasteiger partial charge in [-0.05, 0) is 38.2 Å². The Morgan fingerprint density at radius 3 is 1.90 bits per heavy atom. The number of hydrogen-bond acceptors (Lipinski definition) is 4. The normalized spacial score (nSPS) is 22.1. The smallest absolute Gasteiger partial charge is 0.524 e. The third-order valence-corrected chi connectivity index (χ3v) is 2.75. The molecule has 0 atom stereocenters. The lowest BCUT2D eigenvalue weighted by Gasteiger charge is -2.07.